The van der Waals surface area contributed by atoms with Crippen LogP contribution in [0.5, 0.6) is 0 Å². The maximum absolute atomic E-state index is 12.2. The molecule has 2 aromatic heterocycles. The zero-order valence-corrected chi connectivity index (χ0v) is 13.0. The Morgan fingerprint density at radius 3 is 3.10 bits per heavy atom. The molecule has 0 saturated carbocycles. The minimum Gasteiger partial charge on any atom is -0.394 e. The van der Waals surface area contributed by atoms with E-state index in [-0.39, 0.29) is 24.4 Å². The number of hydrogen-bond acceptors (Lipinski definition) is 6. The fourth-order valence-electron chi connectivity index (χ4n) is 2.78. The molecule has 1 saturated heterocycles. The van der Waals surface area contributed by atoms with E-state index in [2.05, 4.69) is 9.88 Å². The molecule has 21 heavy (non-hydrogen) atoms. The van der Waals surface area contributed by atoms with Gasteiger partial charge in [-0.15, -0.1) is 11.3 Å². The Morgan fingerprint density at radius 2 is 2.33 bits per heavy atom. The molecule has 0 aromatic carbocycles. The summed E-state index contributed by atoms with van der Waals surface area (Å²) in [6.45, 7) is 5.95. The summed E-state index contributed by atoms with van der Waals surface area (Å²) < 4.78 is 7.26. The average molecular weight is 309 g/mol. The van der Waals surface area contributed by atoms with Gasteiger partial charge in [-0.3, -0.25) is 14.1 Å². The Labute approximate surface area is 126 Å². The van der Waals surface area contributed by atoms with Gasteiger partial charge in [-0.25, -0.2) is 4.98 Å². The van der Waals surface area contributed by atoms with Crippen molar-refractivity contribution in [2.24, 2.45) is 0 Å². The summed E-state index contributed by atoms with van der Waals surface area (Å²) in [7, 11) is 0. The molecule has 2 atom stereocenters. The van der Waals surface area contributed by atoms with E-state index < -0.39 is 0 Å². The summed E-state index contributed by atoms with van der Waals surface area (Å²) in [5.74, 6) is 0. The maximum Gasteiger partial charge on any atom is 0.259 e. The smallest absolute Gasteiger partial charge is 0.259 e. The molecular weight excluding hydrogens is 290 g/mol. The molecule has 2 unspecified atom stereocenters. The molecule has 0 radical (unpaired) electrons. The molecule has 0 amide bonds. The summed E-state index contributed by atoms with van der Waals surface area (Å²) in [6, 6.07) is 1.60. The molecule has 0 spiro atoms. The molecule has 3 heterocycles. The first-order valence-electron chi connectivity index (χ1n) is 7.02. The summed E-state index contributed by atoms with van der Waals surface area (Å²) in [5.41, 5.74) is 1.65. The van der Waals surface area contributed by atoms with Gasteiger partial charge in [0, 0.05) is 36.8 Å². The predicted molar refractivity (Wildman–Crippen MR) is 80.8 cm³/mol. The van der Waals surface area contributed by atoms with Gasteiger partial charge < -0.3 is 9.84 Å². The van der Waals surface area contributed by atoms with Crippen molar-refractivity contribution >= 4 is 16.3 Å². The van der Waals surface area contributed by atoms with Crippen LogP contribution in [0.2, 0.25) is 0 Å². The lowest BCUT2D eigenvalue weighted by atomic mass is 10.2. The highest BCUT2D eigenvalue weighted by molar-refractivity contribution is 7.15. The number of aryl methyl sites for hydroxylation is 1. The van der Waals surface area contributed by atoms with Crippen molar-refractivity contribution in [1.82, 2.24) is 14.3 Å². The van der Waals surface area contributed by atoms with Gasteiger partial charge in [0.15, 0.2) is 4.96 Å². The lowest BCUT2D eigenvalue weighted by molar-refractivity contribution is -0.0974. The fourth-order valence-corrected chi connectivity index (χ4v) is 3.67. The summed E-state index contributed by atoms with van der Waals surface area (Å²) in [5, 5.41) is 11.2. The topological polar surface area (TPSA) is 67.1 Å². The average Bonchev–Trinajstić information content (AvgIpc) is 2.80. The van der Waals surface area contributed by atoms with E-state index in [9.17, 15) is 9.90 Å². The van der Waals surface area contributed by atoms with E-state index >= 15 is 0 Å². The minimum absolute atomic E-state index is 0.0140. The Kier molecular flexibility index (Phi) is 4.08. The van der Waals surface area contributed by atoms with Gasteiger partial charge in [-0.2, -0.15) is 0 Å². The Morgan fingerprint density at radius 1 is 1.52 bits per heavy atom. The molecular formula is C14H19N3O3S. The normalized spacial score (nSPS) is 23.8. The third-order valence-corrected chi connectivity index (χ3v) is 4.56. The van der Waals surface area contributed by atoms with E-state index in [4.69, 9.17) is 4.74 Å². The monoisotopic (exact) mass is 309 g/mol. The number of hydrogen-bond donors (Lipinski definition) is 1. The number of aliphatic hydroxyl groups excluding tert-OH is 1. The number of rotatable bonds is 3. The summed E-state index contributed by atoms with van der Waals surface area (Å²) in [6.07, 6.45) is -0.0905. The van der Waals surface area contributed by atoms with E-state index in [0.29, 0.717) is 13.1 Å². The number of fused-ring (bicyclic) bond motifs is 1. The number of ether oxygens (including phenoxy) is 1. The highest BCUT2D eigenvalue weighted by Crippen LogP contribution is 2.15. The summed E-state index contributed by atoms with van der Waals surface area (Å²) in [4.78, 5) is 19.6. The van der Waals surface area contributed by atoms with Gasteiger partial charge in [0.1, 0.15) is 0 Å². The first-order chi connectivity index (χ1) is 10.1. The second-order valence-electron chi connectivity index (χ2n) is 5.53. The largest absolute Gasteiger partial charge is 0.394 e. The molecule has 1 aliphatic heterocycles. The summed E-state index contributed by atoms with van der Waals surface area (Å²) >= 11 is 1.48. The lowest BCUT2D eigenvalue weighted by Crippen LogP contribution is -2.47. The second-order valence-corrected chi connectivity index (χ2v) is 6.36. The van der Waals surface area contributed by atoms with Crippen molar-refractivity contribution in [3.8, 4) is 0 Å². The van der Waals surface area contributed by atoms with Crippen LogP contribution in [-0.2, 0) is 11.3 Å². The van der Waals surface area contributed by atoms with Crippen LogP contribution in [0.3, 0.4) is 0 Å². The molecule has 3 rings (SSSR count). The van der Waals surface area contributed by atoms with Crippen LogP contribution >= 0.6 is 11.3 Å². The van der Waals surface area contributed by atoms with Crippen molar-refractivity contribution < 1.29 is 9.84 Å². The molecule has 2 aromatic rings. The van der Waals surface area contributed by atoms with Gasteiger partial charge in [-0.05, 0) is 13.8 Å². The molecule has 1 aliphatic rings. The number of morpholine rings is 1. The van der Waals surface area contributed by atoms with Crippen LogP contribution in [0.4, 0.5) is 0 Å². The highest BCUT2D eigenvalue weighted by Gasteiger charge is 2.25. The Balaban J connectivity index is 1.83. The predicted octanol–water partition coefficient (Wildman–Crippen LogP) is 0.646. The molecule has 0 bridgehead atoms. The number of nitrogens with zero attached hydrogens (tertiary/aromatic N) is 3. The first kappa shape index (κ1) is 14.6. The van der Waals surface area contributed by atoms with E-state index in [1.165, 1.54) is 11.3 Å². The standard InChI is InChI=1S/C14H19N3O3S/c1-9-8-21-14-15-11(3-13(19)17(9)14)5-16-4-10(2)20-12(6-16)7-18/h3,8,10,12,18H,4-7H2,1-2H3. The van der Waals surface area contributed by atoms with Crippen molar-refractivity contribution in [2.75, 3.05) is 19.7 Å². The zero-order valence-electron chi connectivity index (χ0n) is 12.2. The molecule has 1 fully saturated rings. The van der Waals surface area contributed by atoms with Gasteiger partial charge in [-0.1, -0.05) is 0 Å². The van der Waals surface area contributed by atoms with Crippen LogP contribution in [0, 0.1) is 6.92 Å². The van der Waals surface area contributed by atoms with Crippen molar-refractivity contribution in [2.45, 2.75) is 32.6 Å². The maximum atomic E-state index is 12.2. The molecule has 114 valence electrons. The number of aromatic nitrogens is 2. The SMILES string of the molecule is Cc1csc2nc(CN3CC(C)OC(CO)C3)cc(=O)n12. The van der Waals surface area contributed by atoms with E-state index in [0.717, 1.165) is 22.9 Å². The quantitative estimate of drug-likeness (QED) is 0.901. The fraction of sp³-hybridized carbons (Fsp3) is 0.571. The van der Waals surface area contributed by atoms with Crippen LogP contribution in [0.1, 0.15) is 18.3 Å². The highest BCUT2D eigenvalue weighted by atomic mass is 32.1. The van der Waals surface area contributed by atoms with Crippen LogP contribution in [0.25, 0.3) is 4.96 Å². The molecule has 0 aliphatic carbocycles. The minimum atomic E-state index is -0.164. The van der Waals surface area contributed by atoms with E-state index in [1.807, 2.05) is 19.2 Å². The van der Waals surface area contributed by atoms with E-state index in [1.54, 1.807) is 10.5 Å². The third kappa shape index (κ3) is 3.01. The van der Waals surface area contributed by atoms with Crippen molar-refractivity contribution in [1.29, 1.82) is 0 Å². The number of thiazole rings is 1. The van der Waals surface area contributed by atoms with Gasteiger partial charge in [0.25, 0.3) is 5.56 Å². The van der Waals surface area contributed by atoms with Crippen LogP contribution < -0.4 is 5.56 Å². The zero-order chi connectivity index (χ0) is 15.0. The third-order valence-electron chi connectivity index (χ3n) is 3.62. The van der Waals surface area contributed by atoms with Crippen molar-refractivity contribution in [3.05, 3.63) is 33.2 Å². The second kappa shape index (κ2) is 5.84. The number of aliphatic hydroxyl groups is 1. The molecule has 1 N–H and O–H groups in total. The van der Waals surface area contributed by atoms with Crippen LogP contribution in [-0.4, -0.2) is 51.3 Å². The first-order valence-corrected chi connectivity index (χ1v) is 7.90. The molecule has 7 heteroatoms. The van der Waals surface area contributed by atoms with Gasteiger partial charge in [0.05, 0.1) is 24.5 Å². The van der Waals surface area contributed by atoms with Gasteiger partial charge >= 0.3 is 0 Å². The Hall–Kier alpha value is -1.28. The lowest BCUT2D eigenvalue weighted by Gasteiger charge is -2.35. The van der Waals surface area contributed by atoms with Crippen molar-refractivity contribution in [3.63, 3.8) is 0 Å². The Bertz CT molecular complexity index is 696. The van der Waals surface area contributed by atoms with Gasteiger partial charge in [0.2, 0.25) is 0 Å². The van der Waals surface area contributed by atoms with Crippen LogP contribution in [0.15, 0.2) is 16.2 Å². The molecule has 6 nitrogen and oxygen atoms in total.